The number of aromatic nitrogens is 1. The van der Waals surface area contributed by atoms with Crippen LogP contribution < -0.4 is 14.8 Å². The smallest absolute Gasteiger partial charge is 0.233 e. The normalized spacial score (nSPS) is 12.5. The molecule has 0 aliphatic heterocycles. The van der Waals surface area contributed by atoms with Crippen LogP contribution in [0.15, 0.2) is 34.9 Å². The maximum atomic E-state index is 12.2. The monoisotopic (exact) mass is 353 g/mol. The number of methoxy groups -OCH3 is 1. The molecule has 0 aliphatic rings. The lowest BCUT2D eigenvalue weighted by atomic mass is 10.2. The first-order valence-electron chi connectivity index (χ1n) is 7.18. The van der Waals surface area contributed by atoms with Crippen molar-refractivity contribution in [1.29, 1.82) is 0 Å². The molecule has 2 N–H and O–H groups in total. The van der Waals surface area contributed by atoms with Gasteiger partial charge in [0, 0.05) is 12.1 Å². The van der Waals surface area contributed by atoms with E-state index in [0.29, 0.717) is 17.2 Å². The van der Waals surface area contributed by atoms with Gasteiger partial charge in [-0.3, -0.25) is 9.52 Å². The van der Waals surface area contributed by atoms with Crippen molar-refractivity contribution in [3.63, 3.8) is 0 Å². The number of amides is 1. The molecule has 0 aliphatic carbocycles. The highest BCUT2D eigenvalue weighted by atomic mass is 32.2. The number of hydrogen-bond acceptors (Lipinski definition) is 6. The zero-order valence-electron chi connectivity index (χ0n) is 13.6. The first-order chi connectivity index (χ1) is 11.3. The molecule has 0 bridgehead atoms. The molecule has 2 aromatic rings. The standard InChI is InChI=1S/C15H19N3O5S/c1-10(15(19)16-14-7-11(2)23-17-14)9-24(20,21)18-12-5-4-6-13(8-12)22-3/h4-8,10,18H,9H2,1-3H3,(H,16,17,19). The van der Waals surface area contributed by atoms with Gasteiger partial charge in [-0.2, -0.15) is 0 Å². The highest BCUT2D eigenvalue weighted by Gasteiger charge is 2.22. The summed E-state index contributed by atoms with van der Waals surface area (Å²) in [6.45, 7) is 3.21. The molecule has 1 aromatic carbocycles. The van der Waals surface area contributed by atoms with E-state index < -0.39 is 21.8 Å². The fourth-order valence-corrected chi connectivity index (χ4v) is 3.37. The molecule has 8 nitrogen and oxygen atoms in total. The van der Waals surface area contributed by atoms with Crippen molar-refractivity contribution in [2.75, 3.05) is 22.9 Å². The lowest BCUT2D eigenvalue weighted by Gasteiger charge is -2.13. The van der Waals surface area contributed by atoms with Gasteiger partial charge in [0.2, 0.25) is 15.9 Å². The third-order valence-corrected chi connectivity index (χ3v) is 4.62. The minimum absolute atomic E-state index is 0.252. The lowest BCUT2D eigenvalue weighted by Crippen LogP contribution is -2.30. The molecule has 1 amide bonds. The Kier molecular flexibility index (Phi) is 5.45. The van der Waals surface area contributed by atoms with E-state index in [9.17, 15) is 13.2 Å². The van der Waals surface area contributed by atoms with Crippen molar-refractivity contribution >= 4 is 27.4 Å². The Morgan fingerprint density at radius 3 is 2.75 bits per heavy atom. The summed E-state index contributed by atoms with van der Waals surface area (Å²) in [6, 6.07) is 8.07. The Bertz CT molecular complexity index is 816. The highest BCUT2D eigenvalue weighted by molar-refractivity contribution is 7.92. The molecule has 0 saturated carbocycles. The number of anilines is 2. The molecular weight excluding hydrogens is 334 g/mol. The van der Waals surface area contributed by atoms with Gasteiger partial charge in [-0.05, 0) is 19.1 Å². The van der Waals surface area contributed by atoms with Gasteiger partial charge in [-0.15, -0.1) is 0 Å². The van der Waals surface area contributed by atoms with E-state index in [1.807, 2.05) is 0 Å². The third-order valence-electron chi connectivity index (χ3n) is 3.14. The van der Waals surface area contributed by atoms with Gasteiger partial charge in [0.25, 0.3) is 0 Å². The van der Waals surface area contributed by atoms with Crippen molar-refractivity contribution in [3.05, 3.63) is 36.1 Å². The summed E-state index contributed by atoms with van der Waals surface area (Å²) in [5.74, 6) is -0.271. The molecule has 2 rings (SSSR count). The topological polar surface area (TPSA) is 111 Å². The van der Waals surface area contributed by atoms with E-state index in [4.69, 9.17) is 9.26 Å². The number of nitrogens with zero attached hydrogens (tertiary/aromatic N) is 1. The molecule has 0 radical (unpaired) electrons. The van der Waals surface area contributed by atoms with Gasteiger partial charge in [-0.25, -0.2) is 8.42 Å². The van der Waals surface area contributed by atoms with Crippen LogP contribution in [0.3, 0.4) is 0 Å². The summed E-state index contributed by atoms with van der Waals surface area (Å²) in [5.41, 5.74) is 0.370. The number of carbonyl (C=O) groups is 1. The number of hydrogen-bond donors (Lipinski definition) is 2. The molecule has 24 heavy (non-hydrogen) atoms. The van der Waals surface area contributed by atoms with E-state index in [2.05, 4.69) is 15.2 Å². The summed E-state index contributed by atoms with van der Waals surface area (Å²) < 4.78 is 36.7. The van der Waals surface area contributed by atoms with E-state index in [-0.39, 0.29) is 11.6 Å². The van der Waals surface area contributed by atoms with E-state index in [1.165, 1.54) is 14.0 Å². The quantitative estimate of drug-likeness (QED) is 0.788. The summed E-state index contributed by atoms with van der Waals surface area (Å²) in [5, 5.41) is 6.15. The average molecular weight is 353 g/mol. The number of carbonyl (C=O) groups excluding carboxylic acids is 1. The van der Waals surface area contributed by atoms with Crippen molar-refractivity contribution in [2.45, 2.75) is 13.8 Å². The second-order valence-electron chi connectivity index (χ2n) is 5.33. The van der Waals surface area contributed by atoms with Crippen LogP contribution in [0, 0.1) is 12.8 Å². The molecular formula is C15H19N3O5S. The fraction of sp³-hybridized carbons (Fsp3) is 0.333. The Labute approximate surface area is 140 Å². The average Bonchev–Trinajstić information content (AvgIpc) is 2.91. The first kappa shape index (κ1) is 17.8. The van der Waals surface area contributed by atoms with Crippen LogP contribution in [-0.2, 0) is 14.8 Å². The van der Waals surface area contributed by atoms with Gasteiger partial charge < -0.3 is 14.6 Å². The fourth-order valence-electron chi connectivity index (χ4n) is 1.99. The third kappa shape index (κ3) is 4.98. The largest absolute Gasteiger partial charge is 0.497 e. The van der Waals surface area contributed by atoms with Gasteiger partial charge in [0.1, 0.15) is 11.5 Å². The number of sulfonamides is 1. The highest BCUT2D eigenvalue weighted by Crippen LogP contribution is 2.19. The second-order valence-corrected chi connectivity index (χ2v) is 7.10. The number of rotatable bonds is 7. The Hall–Kier alpha value is -2.55. The molecule has 1 atom stereocenters. The Morgan fingerprint density at radius 2 is 2.12 bits per heavy atom. The summed E-state index contributed by atoms with van der Waals surface area (Å²) in [6.07, 6.45) is 0. The molecule has 130 valence electrons. The van der Waals surface area contributed by atoms with Crippen LogP contribution >= 0.6 is 0 Å². The zero-order valence-corrected chi connectivity index (χ0v) is 14.4. The van der Waals surface area contributed by atoms with E-state index in [0.717, 1.165) is 0 Å². The van der Waals surface area contributed by atoms with Crippen LogP contribution in [0.25, 0.3) is 0 Å². The Balaban J connectivity index is 1.98. The van der Waals surface area contributed by atoms with Crippen LogP contribution in [-0.4, -0.2) is 32.3 Å². The maximum Gasteiger partial charge on any atom is 0.233 e. The van der Waals surface area contributed by atoms with E-state index >= 15 is 0 Å². The molecule has 1 aromatic heterocycles. The molecule has 0 spiro atoms. The van der Waals surface area contributed by atoms with Crippen LogP contribution in [0.4, 0.5) is 11.5 Å². The molecule has 1 heterocycles. The van der Waals surface area contributed by atoms with Gasteiger partial charge in [0.15, 0.2) is 5.82 Å². The summed E-state index contributed by atoms with van der Waals surface area (Å²) in [7, 11) is -2.21. The molecule has 9 heteroatoms. The van der Waals surface area contributed by atoms with E-state index in [1.54, 1.807) is 37.3 Å². The SMILES string of the molecule is COc1cccc(NS(=O)(=O)CC(C)C(=O)Nc2cc(C)on2)c1. The van der Waals surface area contributed by atoms with Crippen molar-refractivity contribution in [2.24, 2.45) is 5.92 Å². The van der Waals surface area contributed by atoms with Gasteiger partial charge >= 0.3 is 0 Å². The van der Waals surface area contributed by atoms with Crippen molar-refractivity contribution < 1.29 is 22.5 Å². The molecule has 1 unspecified atom stereocenters. The summed E-state index contributed by atoms with van der Waals surface area (Å²) >= 11 is 0. The zero-order chi connectivity index (χ0) is 17.7. The van der Waals surface area contributed by atoms with Gasteiger partial charge in [-0.1, -0.05) is 18.1 Å². The Morgan fingerprint density at radius 1 is 1.38 bits per heavy atom. The molecule has 0 fully saturated rings. The number of nitrogens with one attached hydrogen (secondary N) is 2. The van der Waals surface area contributed by atoms with Crippen LogP contribution in [0.1, 0.15) is 12.7 Å². The number of ether oxygens (including phenoxy) is 1. The molecule has 0 saturated heterocycles. The summed E-state index contributed by atoms with van der Waals surface area (Å²) in [4.78, 5) is 12.0. The minimum atomic E-state index is -3.70. The maximum absolute atomic E-state index is 12.2. The predicted molar refractivity (Wildman–Crippen MR) is 89.4 cm³/mol. The van der Waals surface area contributed by atoms with Crippen LogP contribution in [0.2, 0.25) is 0 Å². The van der Waals surface area contributed by atoms with Crippen LogP contribution in [0.5, 0.6) is 5.75 Å². The minimum Gasteiger partial charge on any atom is -0.497 e. The second kappa shape index (κ2) is 7.35. The first-order valence-corrected chi connectivity index (χ1v) is 8.83. The van der Waals surface area contributed by atoms with Crippen molar-refractivity contribution in [3.8, 4) is 5.75 Å². The lowest BCUT2D eigenvalue weighted by molar-refractivity contribution is -0.118. The van der Waals surface area contributed by atoms with Gasteiger partial charge in [0.05, 0.1) is 24.5 Å². The number of benzene rings is 1. The predicted octanol–water partition coefficient (Wildman–Crippen LogP) is 2.01. The van der Waals surface area contributed by atoms with Crippen molar-refractivity contribution in [1.82, 2.24) is 5.16 Å². The number of aryl methyl sites for hydroxylation is 1.